The number of alkyl halides is 2. The summed E-state index contributed by atoms with van der Waals surface area (Å²) in [5, 5.41) is 24.5. The predicted molar refractivity (Wildman–Crippen MR) is 228 cm³/mol. The number of phenols is 2. The fourth-order valence-electron chi connectivity index (χ4n) is 8.56. The zero-order chi connectivity index (χ0) is 40.2. The minimum Gasteiger partial charge on any atom is -0.507 e. The first-order valence-corrected chi connectivity index (χ1v) is 20.0. The van der Waals surface area contributed by atoms with E-state index in [2.05, 4.69) is 35.9 Å². The molecule has 0 bridgehead atoms. The van der Waals surface area contributed by atoms with Crippen molar-refractivity contribution in [3.8, 4) is 22.6 Å². The molecule has 6 aromatic carbocycles. The number of anilines is 2. The first-order chi connectivity index (χ1) is 27.8. The Balaban J connectivity index is 0.000000217. The fourth-order valence-corrected chi connectivity index (χ4v) is 8.81. The summed E-state index contributed by atoms with van der Waals surface area (Å²) in [5.74, 6) is 0.478. The van der Waals surface area contributed by atoms with Gasteiger partial charge in [-0.1, -0.05) is 97.1 Å². The maximum atomic E-state index is 13.4. The number of carbonyl (C=O) groups is 3. The van der Waals surface area contributed by atoms with Gasteiger partial charge in [0.2, 0.25) is 11.8 Å². The van der Waals surface area contributed by atoms with E-state index in [1.165, 1.54) is 28.6 Å². The van der Waals surface area contributed by atoms with Crippen LogP contribution in [0.15, 0.2) is 109 Å². The van der Waals surface area contributed by atoms with E-state index in [0.29, 0.717) is 44.2 Å². The molecule has 292 valence electrons. The van der Waals surface area contributed by atoms with Crippen LogP contribution in [0.3, 0.4) is 0 Å². The molecule has 1 aliphatic carbocycles. The fraction of sp³-hybridized carbons (Fsp3) is 0.239. The van der Waals surface area contributed by atoms with Gasteiger partial charge >= 0.3 is 0 Å². The Morgan fingerprint density at radius 3 is 1.86 bits per heavy atom. The van der Waals surface area contributed by atoms with Crippen LogP contribution in [-0.4, -0.2) is 85.5 Å². The molecule has 2 N–H and O–H groups in total. The van der Waals surface area contributed by atoms with Crippen LogP contribution in [0.25, 0.3) is 32.7 Å². The second-order valence-electron chi connectivity index (χ2n) is 14.3. The zero-order valence-electron chi connectivity index (χ0n) is 31.7. The lowest BCUT2D eigenvalue weighted by molar-refractivity contribution is -0.129. The molecular formula is C46H43Cl2N3O6. The minimum atomic E-state index is -0.158. The van der Waals surface area contributed by atoms with Gasteiger partial charge in [0.05, 0.1) is 24.5 Å². The Morgan fingerprint density at radius 1 is 0.754 bits per heavy atom. The number of phenolic OH excluding ortho intramolecular Hbond substituents is 2. The molecule has 0 saturated heterocycles. The number of aromatic hydroxyl groups is 2. The lowest BCUT2D eigenvalue weighted by atomic mass is 9.95. The molecule has 0 spiro atoms. The van der Waals surface area contributed by atoms with Gasteiger partial charge in [0.1, 0.15) is 18.1 Å². The van der Waals surface area contributed by atoms with Crippen LogP contribution in [0.5, 0.6) is 11.5 Å². The van der Waals surface area contributed by atoms with Crippen molar-refractivity contribution in [2.24, 2.45) is 0 Å². The van der Waals surface area contributed by atoms with Crippen LogP contribution in [0, 0.1) is 0 Å². The summed E-state index contributed by atoms with van der Waals surface area (Å²) in [7, 11) is 1.75. The van der Waals surface area contributed by atoms with Crippen LogP contribution in [0.1, 0.15) is 34.1 Å². The van der Waals surface area contributed by atoms with Crippen molar-refractivity contribution < 1.29 is 29.3 Å². The maximum Gasteiger partial charge on any atom is 0.293 e. The summed E-state index contributed by atoms with van der Waals surface area (Å²) in [6.07, 6.45) is 2.19. The summed E-state index contributed by atoms with van der Waals surface area (Å²) in [4.78, 5) is 42.1. The van der Waals surface area contributed by atoms with Gasteiger partial charge in [0.25, 0.3) is 6.47 Å². The van der Waals surface area contributed by atoms with Gasteiger partial charge in [-0.25, -0.2) is 0 Å². The number of nitrogens with zero attached hydrogens (tertiary/aromatic N) is 3. The molecule has 2 heterocycles. The van der Waals surface area contributed by atoms with Crippen molar-refractivity contribution >= 4 is 74.4 Å². The van der Waals surface area contributed by atoms with E-state index in [4.69, 9.17) is 16.3 Å². The predicted octanol–water partition coefficient (Wildman–Crippen LogP) is 8.42. The second kappa shape index (κ2) is 17.3. The highest BCUT2D eigenvalue weighted by atomic mass is 35.5. The number of ether oxygens (including phenoxy) is 1. The van der Waals surface area contributed by atoms with Crippen molar-refractivity contribution in [1.29, 1.82) is 0 Å². The highest BCUT2D eigenvalue weighted by Crippen LogP contribution is 2.46. The quantitative estimate of drug-likeness (QED) is 0.117. The van der Waals surface area contributed by atoms with E-state index in [0.717, 1.165) is 38.4 Å². The smallest absolute Gasteiger partial charge is 0.293 e. The summed E-state index contributed by atoms with van der Waals surface area (Å²) in [6.45, 7) is 1.99. The zero-order valence-corrected chi connectivity index (χ0v) is 33.2. The van der Waals surface area contributed by atoms with E-state index in [1.54, 1.807) is 33.9 Å². The number of fused-ring (bicyclic) bond motifs is 9. The summed E-state index contributed by atoms with van der Waals surface area (Å²) >= 11 is 10.9. The molecule has 6 aromatic rings. The van der Waals surface area contributed by atoms with Crippen LogP contribution in [0.4, 0.5) is 11.4 Å². The summed E-state index contributed by atoms with van der Waals surface area (Å²) in [6, 6.07) is 35.1. The van der Waals surface area contributed by atoms with Gasteiger partial charge in [-0.05, 0) is 57.6 Å². The Morgan fingerprint density at radius 2 is 1.26 bits per heavy atom. The molecule has 1 atom stereocenters. The second-order valence-corrected chi connectivity index (χ2v) is 14.6. The molecule has 57 heavy (non-hydrogen) atoms. The topological polar surface area (TPSA) is 111 Å². The van der Waals surface area contributed by atoms with Crippen molar-refractivity contribution in [1.82, 2.24) is 4.90 Å². The first kappa shape index (κ1) is 39.6. The molecular weight excluding hydrogens is 761 g/mol. The average molecular weight is 805 g/mol. The van der Waals surface area contributed by atoms with E-state index in [9.17, 15) is 24.6 Å². The number of carbonyl (C=O) groups excluding carboxylic acids is 3. The average Bonchev–Trinajstić information content (AvgIpc) is 3.93. The largest absolute Gasteiger partial charge is 0.507 e. The SMILES string of the molecule is CCl.CN(CC(=O)N1CCc2c1cc(O)c1ccccc21)CC(=O)N1CC(CCl)c2c1cc(O)c1ccccc21.O=COCC1c2ccccc2-c2ccccc21. The monoisotopic (exact) mass is 803 g/mol. The molecule has 0 radical (unpaired) electrons. The lowest BCUT2D eigenvalue weighted by Gasteiger charge is -2.25. The number of likely N-dealkylation sites (N-methyl/N-ethyl adjacent to an activating group) is 1. The number of benzene rings is 6. The number of rotatable bonds is 8. The van der Waals surface area contributed by atoms with E-state index in [-0.39, 0.29) is 48.2 Å². The van der Waals surface area contributed by atoms with E-state index < -0.39 is 0 Å². The van der Waals surface area contributed by atoms with Crippen molar-refractivity contribution in [3.05, 3.63) is 131 Å². The number of amides is 2. The van der Waals surface area contributed by atoms with Crippen LogP contribution < -0.4 is 9.80 Å². The molecule has 0 fully saturated rings. The molecule has 1 unspecified atom stereocenters. The Bertz CT molecular complexity index is 2430. The Kier molecular flexibility index (Phi) is 12.0. The van der Waals surface area contributed by atoms with Crippen molar-refractivity contribution in [3.63, 3.8) is 0 Å². The van der Waals surface area contributed by atoms with Gasteiger partial charge in [-0.15, -0.1) is 23.2 Å². The standard InChI is InChI=1S/C30H28ClN3O4.C15H12O2.CH3Cl/c1-32(16-28(37)33-11-10-20-19-6-2-3-7-21(19)26(35)12-24(20)33)17-29(38)34-15-18(14-31)30-23-9-5-4-8-22(23)27(36)13-25(30)34;16-10-17-9-15-13-7-3-1-5-11(13)12-6-2-4-8-14(12)15;1-2/h2-9,12-13,18,35-36H,10-11,14-17H2,1H3;1-8,10,15H,9H2;1H3. The molecule has 2 aliphatic heterocycles. The van der Waals surface area contributed by atoms with Gasteiger partial charge < -0.3 is 24.7 Å². The lowest BCUT2D eigenvalue weighted by Crippen LogP contribution is -2.43. The number of hydrogen-bond donors (Lipinski definition) is 2. The van der Waals surface area contributed by atoms with Gasteiger partial charge in [0.15, 0.2) is 0 Å². The van der Waals surface area contributed by atoms with Gasteiger partial charge in [0, 0.05) is 60.1 Å². The van der Waals surface area contributed by atoms with Crippen molar-refractivity contribution in [2.45, 2.75) is 18.3 Å². The molecule has 9 rings (SSSR count). The highest BCUT2D eigenvalue weighted by molar-refractivity contribution is 6.19. The molecule has 0 saturated carbocycles. The third-order valence-electron chi connectivity index (χ3n) is 11.0. The highest BCUT2D eigenvalue weighted by Gasteiger charge is 2.35. The number of halogens is 2. The Labute approximate surface area is 341 Å². The summed E-state index contributed by atoms with van der Waals surface area (Å²) in [5.41, 5.74) is 8.43. The van der Waals surface area contributed by atoms with Crippen LogP contribution in [0.2, 0.25) is 0 Å². The minimum absolute atomic E-state index is 0.0391. The van der Waals surface area contributed by atoms with E-state index >= 15 is 0 Å². The van der Waals surface area contributed by atoms with Gasteiger partial charge in [-0.2, -0.15) is 0 Å². The van der Waals surface area contributed by atoms with E-state index in [1.807, 2.05) is 72.8 Å². The number of hydrogen-bond acceptors (Lipinski definition) is 7. The maximum absolute atomic E-state index is 13.4. The Hall–Kier alpha value is -5.61. The first-order valence-electron chi connectivity index (χ1n) is 18.7. The third kappa shape index (κ3) is 7.50. The molecule has 3 aliphatic rings. The van der Waals surface area contributed by atoms with Gasteiger partial charge in [-0.3, -0.25) is 19.3 Å². The van der Waals surface area contributed by atoms with Crippen LogP contribution in [-0.2, 0) is 25.5 Å². The molecule has 9 nitrogen and oxygen atoms in total. The molecule has 2 amide bonds. The van der Waals surface area contributed by atoms with Crippen LogP contribution >= 0.6 is 23.2 Å². The molecule has 0 aromatic heterocycles. The third-order valence-corrected chi connectivity index (χ3v) is 11.4. The summed E-state index contributed by atoms with van der Waals surface area (Å²) < 4.78 is 4.95. The van der Waals surface area contributed by atoms with Crippen molar-refractivity contribution in [2.75, 3.05) is 61.9 Å². The normalized spacial score (nSPS) is 14.9. The molecule has 11 heteroatoms.